The number of pyridine rings is 1. The van der Waals surface area contributed by atoms with Crippen LogP contribution in [0.5, 0.6) is 0 Å². The highest BCUT2D eigenvalue weighted by Crippen LogP contribution is 2.23. The number of hydrogen-bond donors (Lipinski definition) is 2. The molecule has 3 N–H and O–H groups in total. The summed E-state index contributed by atoms with van der Waals surface area (Å²) in [6, 6.07) is 3.51. The van der Waals surface area contributed by atoms with Gasteiger partial charge in [-0.3, -0.25) is 9.59 Å². The van der Waals surface area contributed by atoms with Crippen molar-refractivity contribution in [3.05, 3.63) is 34.2 Å². The second-order valence-corrected chi connectivity index (χ2v) is 5.10. The maximum atomic E-state index is 12.4. The molecule has 1 aliphatic rings. The Hall–Kier alpha value is -1.62. The molecule has 0 atom stereocenters. The van der Waals surface area contributed by atoms with Gasteiger partial charge in [0.25, 0.3) is 5.91 Å². The smallest absolute Gasteiger partial charge is 0.255 e. The van der Waals surface area contributed by atoms with Gasteiger partial charge >= 0.3 is 0 Å². The Morgan fingerprint density at radius 2 is 2.05 bits per heavy atom. The van der Waals surface area contributed by atoms with Crippen LogP contribution in [0.3, 0.4) is 0 Å². The van der Waals surface area contributed by atoms with Crippen molar-refractivity contribution < 1.29 is 4.79 Å². The van der Waals surface area contributed by atoms with Gasteiger partial charge in [0.05, 0.1) is 5.56 Å². The molecule has 104 valence electrons. The van der Waals surface area contributed by atoms with Gasteiger partial charge in [-0.25, -0.2) is 0 Å². The molecule has 1 aliphatic carbocycles. The first kappa shape index (κ1) is 13.8. The molecule has 19 heavy (non-hydrogen) atoms. The van der Waals surface area contributed by atoms with Crippen molar-refractivity contribution in [1.29, 1.82) is 0 Å². The van der Waals surface area contributed by atoms with Gasteiger partial charge in [-0.2, -0.15) is 0 Å². The zero-order valence-electron chi connectivity index (χ0n) is 11.3. The summed E-state index contributed by atoms with van der Waals surface area (Å²) in [4.78, 5) is 27.9. The molecule has 1 heterocycles. The molecular formula is C14H21N3O2. The summed E-state index contributed by atoms with van der Waals surface area (Å²) >= 11 is 0. The zero-order chi connectivity index (χ0) is 13.8. The molecule has 2 rings (SSSR count). The van der Waals surface area contributed by atoms with Gasteiger partial charge in [0.2, 0.25) is 5.56 Å². The molecule has 0 aromatic carbocycles. The number of amides is 1. The predicted molar refractivity (Wildman–Crippen MR) is 74.0 cm³/mol. The fourth-order valence-corrected chi connectivity index (χ4v) is 2.69. The number of hydrogen-bond acceptors (Lipinski definition) is 3. The number of nitrogens with one attached hydrogen (secondary N) is 1. The third-order valence-corrected chi connectivity index (χ3v) is 3.81. The van der Waals surface area contributed by atoms with Gasteiger partial charge in [0, 0.05) is 30.9 Å². The van der Waals surface area contributed by atoms with Crippen molar-refractivity contribution in [3.8, 4) is 0 Å². The number of aromatic amines is 1. The van der Waals surface area contributed by atoms with Crippen LogP contribution in [0, 0.1) is 0 Å². The van der Waals surface area contributed by atoms with E-state index in [0.29, 0.717) is 12.1 Å². The third kappa shape index (κ3) is 3.23. The number of aromatic nitrogens is 1. The average molecular weight is 263 g/mol. The first-order valence-electron chi connectivity index (χ1n) is 6.87. The van der Waals surface area contributed by atoms with Crippen LogP contribution in [0.25, 0.3) is 0 Å². The topological polar surface area (TPSA) is 79.2 Å². The number of carbonyl (C=O) groups is 1. The minimum Gasteiger partial charge on any atom is -0.336 e. The maximum Gasteiger partial charge on any atom is 0.255 e. The number of nitrogens with zero attached hydrogens (tertiary/aromatic N) is 1. The molecule has 5 nitrogen and oxygen atoms in total. The summed E-state index contributed by atoms with van der Waals surface area (Å²) in [7, 11) is 0. The minimum atomic E-state index is -0.191. The Kier molecular flexibility index (Phi) is 4.37. The quantitative estimate of drug-likeness (QED) is 0.857. The Morgan fingerprint density at radius 1 is 1.37 bits per heavy atom. The van der Waals surface area contributed by atoms with E-state index in [1.165, 1.54) is 12.3 Å². The van der Waals surface area contributed by atoms with Gasteiger partial charge in [0.1, 0.15) is 0 Å². The van der Waals surface area contributed by atoms with E-state index >= 15 is 0 Å². The van der Waals surface area contributed by atoms with Crippen molar-refractivity contribution in [2.45, 2.75) is 44.7 Å². The van der Waals surface area contributed by atoms with Crippen molar-refractivity contribution in [3.63, 3.8) is 0 Å². The van der Waals surface area contributed by atoms with Crippen LogP contribution in [0.2, 0.25) is 0 Å². The summed E-state index contributed by atoms with van der Waals surface area (Å²) in [5, 5.41) is 0. The highest BCUT2D eigenvalue weighted by molar-refractivity contribution is 5.94. The Balaban J connectivity index is 2.10. The number of rotatable bonds is 3. The van der Waals surface area contributed by atoms with Gasteiger partial charge in [-0.1, -0.05) is 0 Å². The molecule has 1 amide bonds. The van der Waals surface area contributed by atoms with E-state index in [4.69, 9.17) is 5.73 Å². The predicted octanol–water partition coefficient (Wildman–Crippen LogP) is 1.11. The highest BCUT2D eigenvalue weighted by atomic mass is 16.2. The normalized spacial score (nSPS) is 23.1. The zero-order valence-corrected chi connectivity index (χ0v) is 11.3. The lowest BCUT2D eigenvalue weighted by molar-refractivity contribution is 0.0640. The van der Waals surface area contributed by atoms with Crippen LogP contribution in [0.15, 0.2) is 23.1 Å². The van der Waals surface area contributed by atoms with E-state index in [2.05, 4.69) is 4.98 Å². The van der Waals surface area contributed by atoms with Crippen molar-refractivity contribution in [2.75, 3.05) is 6.54 Å². The molecule has 0 unspecified atom stereocenters. The molecule has 1 aromatic rings. The van der Waals surface area contributed by atoms with Crippen LogP contribution in [0.4, 0.5) is 0 Å². The molecule has 0 bridgehead atoms. The van der Waals surface area contributed by atoms with E-state index in [1.807, 2.05) is 11.8 Å². The number of nitrogens with two attached hydrogens (primary N) is 1. The first-order valence-corrected chi connectivity index (χ1v) is 6.87. The standard InChI is InChI=1S/C14H21N3O2/c1-2-17(12-6-4-11(15)5-7-12)14(19)10-3-8-13(18)16-9-10/h3,8-9,11-12H,2,4-7,15H2,1H3,(H,16,18). The molecule has 1 saturated carbocycles. The number of carbonyl (C=O) groups excluding carboxylic acids is 1. The van der Waals surface area contributed by atoms with Crippen molar-refractivity contribution >= 4 is 5.91 Å². The van der Waals surface area contributed by atoms with Crippen molar-refractivity contribution in [1.82, 2.24) is 9.88 Å². The Bertz CT molecular complexity index is 469. The Labute approximate surface area is 112 Å². The fraction of sp³-hybridized carbons (Fsp3) is 0.571. The summed E-state index contributed by atoms with van der Waals surface area (Å²) in [6.07, 6.45) is 5.36. The lowest BCUT2D eigenvalue weighted by Gasteiger charge is -2.35. The third-order valence-electron chi connectivity index (χ3n) is 3.81. The van der Waals surface area contributed by atoms with Crippen LogP contribution < -0.4 is 11.3 Å². The SMILES string of the molecule is CCN(C(=O)c1ccc(=O)[nH]c1)C1CCC(N)CC1. The Morgan fingerprint density at radius 3 is 2.58 bits per heavy atom. The fourth-order valence-electron chi connectivity index (χ4n) is 2.69. The largest absolute Gasteiger partial charge is 0.336 e. The molecule has 0 spiro atoms. The molecular weight excluding hydrogens is 242 g/mol. The van der Waals surface area contributed by atoms with Crippen LogP contribution in [0.1, 0.15) is 43.0 Å². The molecule has 0 saturated heterocycles. The second kappa shape index (κ2) is 6.02. The van der Waals surface area contributed by atoms with Gasteiger partial charge in [-0.15, -0.1) is 0 Å². The van der Waals surface area contributed by atoms with E-state index in [1.54, 1.807) is 6.07 Å². The van der Waals surface area contributed by atoms with Crippen LogP contribution in [-0.2, 0) is 0 Å². The van der Waals surface area contributed by atoms with E-state index in [-0.39, 0.29) is 23.6 Å². The van der Waals surface area contributed by atoms with Crippen molar-refractivity contribution in [2.24, 2.45) is 5.73 Å². The van der Waals surface area contributed by atoms with Crippen LogP contribution >= 0.6 is 0 Å². The highest BCUT2D eigenvalue weighted by Gasteiger charge is 2.27. The van der Waals surface area contributed by atoms with Gasteiger partial charge < -0.3 is 15.6 Å². The lowest BCUT2D eigenvalue weighted by Crippen LogP contribution is -2.44. The van der Waals surface area contributed by atoms with Gasteiger partial charge in [-0.05, 0) is 38.7 Å². The summed E-state index contributed by atoms with van der Waals surface area (Å²) < 4.78 is 0. The molecule has 0 radical (unpaired) electrons. The monoisotopic (exact) mass is 263 g/mol. The summed E-state index contributed by atoms with van der Waals surface area (Å²) in [5.74, 6) is -0.0146. The summed E-state index contributed by atoms with van der Waals surface area (Å²) in [6.45, 7) is 2.66. The molecule has 1 fully saturated rings. The van der Waals surface area contributed by atoms with E-state index in [9.17, 15) is 9.59 Å². The van der Waals surface area contributed by atoms with E-state index < -0.39 is 0 Å². The molecule has 0 aliphatic heterocycles. The van der Waals surface area contributed by atoms with Crippen LogP contribution in [-0.4, -0.2) is 34.4 Å². The second-order valence-electron chi connectivity index (χ2n) is 5.10. The average Bonchev–Trinajstić information content (AvgIpc) is 2.42. The minimum absolute atomic E-state index is 0.0146. The van der Waals surface area contributed by atoms with Gasteiger partial charge in [0.15, 0.2) is 0 Å². The van der Waals surface area contributed by atoms with E-state index in [0.717, 1.165) is 25.7 Å². The summed E-state index contributed by atoms with van der Waals surface area (Å²) in [5.41, 5.74) is 6.25. The first-order chi connectivity index (χ1) is 9.11. The molecule has 5 heteroatoms. The molecule has 1 aromatic heterocycles. The number of H-pyrrole nitrogens is 1. The lowest BCUT2D eigenvalue weighted by atomic mass is 9.90. The maximum absolute atomic E-state index is 12.4.